The molecule has 1 amide bonds. The van der Waals surface area contributed by atoms with Crippen molar-refractivity contribution in [1.82, 2.24) is 14.8 Å². The predicted molar refractivity (Wildman–Crippen MR) is 111 cm³/mol. The van der Waals surface area contributed by atoms with Gasteiger partial charge < -0.3 is 9.73 Å². The van der Waals surface area contributed by atoms with Crippen molar-refractivity contribution in [3.05, 3.63) is 60.2 Å². The summed E-state index contributed by atoms with van der Waals surface area (Å²) in [6.07, 6.45) is 0. The molecule has 0 unspecified atom stereocenters. The maximum Gasteiger partial charge on any atom is 0.234 e. The van der Waals surface area contributed by atoms with Gasteiger partial charge in [-0.15, -0.1) is 10.2 Å². The van der Waals surface area contributed by atoms with Gasteiger partial charge in [-0.25, -0.2) is 8.78 Å². The Balaban J connectivity index is 1.51. The van der Waals surface area contributed by atoms with Gasteiger partial charge in [0.25, 0.3) is 0 Å². The minimum atomic E-state index is -1.02. The fourth-order valence-corrected chi connectivity index (χ4v) is 3.87. The highest BCUT2D eigenvalue weighted by molar-refractivity contribution is 7.99. The van der Waals surface area contributed by atoms with Gasteiger partial charge in [0.1, 0.15) is 5.58 Å². The SMILES string of the molecule is CC(C)n1c(SCC(=O)Nc2ccc(F)c(F)c2)nnc1-c1cc2ccccc2o1. The van der Waals surface area contributed by atoms with Crippen LogP contribution in [-0.4, -0.2) is 26.4 Å². The van der Waals surface area contributed by atoms with Gasteiger partial charge in [0.2, 0.25) is 11.7 Å². The number of hydrogen-bond acceptors (Lipinski definition) is 5. The molecule has 0 atom stereocenters. The minimum Gasteiger partial charge on any atom is -0.453 e. The van der Waals surface area contributed by atoms with E-state index in [1.807, 2.05) is 48.7 Å². The van der Waals surface area contributed by atoms with Gasteiger partial charge in [0.05, 0.1) is 5.75 Å². The molecular weight excluding hydrogens is 410 g/mol. The fraction of sp³-hybridized carbons (Fsp3) is 0.190. The monoisotopic (exact) mass is 428 g/mol. The second-order valence-corrected chi connectivity index (χ2v) is 7.83. The summed E-state index contributed by atoms with van der Waals surface area (Å²) in [5.41, 5.74) is 0.943. The number of benzene rings is 2. The molecule has 2 aromatic heterocycles. The smallest absolute Gasteiger partial charge is 0.234 e. The van der Waals surface area contributed by atoms with E-state index in [-0.39, 0.29) is 23.4 Å². The first-order valence-electron chi connectivity index (χ1n) is 9.24. The van der Waals surface area contributed by atoms with Crippen LogP contribution in [0.1, 0.15) is 19.9 Å². The van der Waals surface area contributed by atoms with Crippen molar-refractivity contribution < 1.29 is 18.0 Å². The molecule has 1 N–H and O–H groups in total. The van der Waals surface area contributed by atoms with Crippen LogP contribution in [0, 0.1) is 11.6 Å². The van der Waals surface area contributed by atoms with Gasteiger partial charge in [-0.1, -0.05) is 30.0 Å². The highest BCUT2D eigenvalue weighted by atomic mass is 32.2. The molecule has 0 bridgehead atoms. The number of furan rings is 1. The van der Waals surface area contributed by atoms with Crippen LogP contribution in [0.25, 0.3) is 22.6 Å². The highest BCUT2D eigenvalue weighted by Crippen LogP contribution is 2.31. The standard InChI is InChI=1S/C21H18F2N4O2S/c1-12(2)27-20(18-9-13-5-3-4-6-17(13)29-18)25-26-21(27)30-11-19(28)24-14-7-8-15(22)16(23)10-14/h3-10,12H,11H2,1-2H3,(H,24,28). The number of aromatic nitrogens is 3. The number of carbonyl (C=O) groups is 1. The fourth-order valence-electron chi connectivity index (χ4n) is 3.00. The van der Waals surface area contributed by atoms with E-state index in [9.17, 15) is 13.6 Å². The first-order valence-corrected chi connectivity index (χ1v) is 10.2. The third kappa shape index (κ3) is 4.06. The predicted octanol–water partition coefficient (Wildman–Crippen LogP) is 5.28. The van der Waals surface area contributed by atoms with E-state index < -0.39 is 11.6 Å². The lowest BCUT2D eigenvalue weighted by Gasteiger charge is -2.12. The average Bonchev–Trinajstić information content (AvgIpc) is 3.33. The lowest BCUT2D eigenvalue weighted by Crippen LogP contribution is -2.15. The zero-order valence-corrected chi connectivity index (χ0v) is 17.0. The molecule has 2 heterocycles. The van der Waals surface area contributed by atoms with E-state index in [1.54, 1.807) is 0 Å². The molecule has 0 aliphatic heterocycles. The molecule has 0 saturated carbocycles. The van der Waals surface area contributed by atoms with Crippen molar-refractivity contribution in [1.29, 1.82) is 0 Å². The van der Waals surface area contributed by atoms with Gasteiger partial charge in [0, 0.05) is 23.2 Å². The number of amides is 1. The third-order valence-corrected chi connectivity index (χ3v) is 5.31. The molecule has 4 rings (SSSR count). The summed E-state index contributed by atoms with van der Waals surface area (Å²) in [7, 11) is 0. The van der Waals surface area contributed by atoms with Gasteiger partial charge >= 0.3 is 0 Å². The number of hydrogen-bond donors (Lipinski definition) is 1. The summed E-state index contributed by atoms with van der Waals surface area (Å²) in [6, 6.07) is 12.8. The van der Waals surface area contributed by atoms with Crippen LogP contribution in [0.2, 0.25) is 0 Å². The molecule has 0 fully saturated rings. The van der Waals surface area contributed by atoms with E-state index in [0.717, 1.165) is 23.1 Å². The number of carbonyl (C=O) groups excluding carboxylic acids is 1. The molecule has 0 aliphatic carbocycles. The summed E-state index contributed by atoms with van der Waals surface area (Å²) in [5, 5.41) is 12.5. The lowest BCUT2D eigenvalue weighted by molar-refractivity contribution is -0.113. The second kappa shape index (κ2) is 8.27. The molecule has 154 valence electrons. The number of para-hydroxylation sites is 1. The Morgan fingerprint density at radius 1 is 1.13 bits per heavy atom. The van der Waals surface area contributed by atoms with Crippen molar-refractivity contribution in [3.63, 3.8) is 0 Å². The number of rotatable bonds is 6. The minimum absolute atomic E-state index is 0.0277. The second-order valence-electron chi connectivity index (χ2n) is 6.88. The van der Waals surface area contributed by atoms with Gasteiger partial charge in [0.15, 0.2) is 22.6 Å². The number of halogens is 2. The molecule has 0 aliphatic rings. The molecule has 0 saturated heterocycles. The Morgan fingerprint density at radius 2 is 1.93 bits per heavy atom. The number of nitrogens with zero attached hydrogens (tertiary/aromatic N) is 3. The quantitative estimate of drug-likeness (QED) is 0.423. The van der Waals surface area contributed by atoms with Crippen molar-refractivity contribution >= 4 is 34.3 Å². The van der Waals surface area contributed by atoms with Crippen molar-refractivity contribution in [2.75, 3.05) is 11.1 Å². The lowest BCUT2D eigenvalue weighted by atomic mass is 10.2. The number of thioether (sulfide) groups is 1. The van der Waals surface area contributed by atoms with Gasteiger partial charge in [-0.2, -0.15) is 0 Å². The zero-order chi connectivity index (χ0) is 21.3. The molecule has 4 aromatic rings. The molecule has 0 radical (unpaired) electrons. The van der Waals surface area contributed by atoms with Crippen LogP contribution in [0.15, 0.2) is 58.1 Å². The van der Waals surface area contributed by atoms with Gasteiger partial charge in [-0.05, 0) is 38.1 Å². The van der Waals surface area contributed by atoms with Crippen molar-refractivity contribution in [2.24, 2.45) is 0 Å². The Morgan fingerprint density at radius 3 is 2.67 bits per heavy atom. The van der Waals surface area contributed by atoms with E-state index in [2.05, 4.69) is 15.5 Å². The number of nitrogens with one attached hydrogen (secondary N) is 1. The van der Waals surface area contributed by atoms with E-state index in [1.165, 1.54) is 17.8 Å². The number of anilines is 1. The van der Waals surface area contributed by atoms with Crippen LogP contribution >= 0.6 is 11.8 Å². The summed E-state index contributed by atoms with van der Waals surface area (Å²) in [6.45, 7) is 3.97. The van der Waals surface area contributed by atoms with Crippen LogP contribution in [0.3, 0.4) is 0 Å². The molecule has 6 nitrogen and oxygen atoms in total. The largest absolute Gasteiger partial charge is 0.453 e. The zero-order valence-electron chi connectivity index (χ0n) is 16.2. The normalized spacial score (nSPS) is 11.4. The summed E-state index contributed by atoms with van der Waals surface area (Å²) >= 11 is 1.20. The summed E-state index contributed by atoms with van der Waals surface area (Å²) < 4.78 is 34.1. The Hall–Kier alpha value is -3.20. The Labute approximate surface area is 175 Å². The van der Waals surface area contributed by atoms with Crippen molar-refractivity contribution in [2.45, 2.75) is 25.0 Å². The first kappa shape index (κ1) is 20.1. The van der Waals surface area contributed by atoms with Crippen LogP contribution in [0.4, 0.5) is 14.5 Å². The molecule has 30 heavy (non-hydrogen) atoms. The van der Waals surface area contributed by atoms with Gasteiger partial charge in [-0.3, -0.25) is 9.36 Å². The van der Waals surface area contributed by atoms with Crippen LogP contribution in [-0.2, 0) is 4.79 Å². The third-order valence-electron chi connectivity index (χ3n) is 4.36. The van der Waals surface area contributed by atoms with Crippen molar-refractivity contribution in [3.8, 4) is 11.6 Å². The van der Waals surface area contributed by atoms with E-state index >= 15 is 0 Å². The maximum absolute atomic E-state index is 13.3. The summed E-state index contributed by atoms with van der Waals surface area (Å²) in [5.74, 6) is -1.15. The maximum atomic E-state index is 13.3. The Kier molecular flexibility index (Phi) is 5.54. The average molecular weight is 428 g/mol. The van der Waals surface area contributed by atoms with E-state index in [0.29, 0.717) is 16.7 Å². The molecular formula is C21H18F2N4O2S. The van der Waals surface area contributed by atoms with Crippen LogP contribution < -0.4 is 5.32 Å². The topological polar surface area (TPSA) is 73.0 Å². The Bertz CT molecular complexity index is 1190. The molecule has 2 aromatic carbocycles. The van der Waals surface area contributed by atoms with Crippen LogP contribution in [0.5, 0.6) is 0 Å². The van der Waals surface area contributed by atoms with E-state index in [4.69, 9.17) is 4.42 Å². The molecule has 9 heteroatoms. The first-order chi connectivity index (χ1) is 14.4. The number of fused-ring (bicyclic) bond motifs is 1. The molecule has 0 spiro atoms. The summed E-state index contributed by atoms with van der Waals surface area (Å²) in [4.78, 5) is 12.2. The highest BCUT2D eigenvalue weighted by Gasteiger charge is 2.20.